The number of hydrogen-bond donors (Lipinski definition) is 2. The molecule has 3 N–H and O–H groups in total. The van der Waals surface area contributed by atoms with Crippen molar-refractivity contribution in [3.05, 3.63) is 28.2 Å². The highest BCUT2D eigenvalue weighted by atomic mass is 35.5. The Kier molecular flexibility index (Phi) is 5.45. The van der Waals surface area contributed by atoms with E-state index in [0.29, 0.717) is 28.7 Å². The second-order valence-electron chi connectivity index (χ2n) is 4.92. The number of benzene rings is 1. The van der Waals surface area contributed by atoms with Crippen molar-refractivity contribution in [1.82, 2.24) is 4.90 Å². The van der Waals surface area contributed by atoms with Crippen LogP contribution >= 0.6 is 23.2 Å². The third kappa shape index (κ3) is 3.87. The van der Waals surface area contributed by atoms with Crippen LogP contribution in [-0.2, 0) is 9.59 Å². The van der Waals surface area contributed by atoms with Crippen molar-refractivity contribution >= 4 is 40.7 Å². The first kappa shape index (κ1) is 16.1. The number of nitrogens with two attached hydrogens (primary N) is 1. The molecule has 0 radical (unpaired) electrons. The minimum atomic E-state index is -0.499. The van der Waals surface area contributed by atoms with Gasteiger partial charge in [-0.15, -0.1) is 0 Å². The molecule has 1 aliphatic rings. The Morgan fingerprint density at radius 3 is 2.76 bits per heavy atom. The molecule has 2 amide bonds. The number of rotatable bonds is 3. The average molecular weight is 330 g/mol. The van der Waals surface area contributed by atoms with E-state index < -0.39 is 6.04 Å². The average Bonchev–Trinajstić information content (AvgIpc) is 2.49. The van der Waals surface area contributed by atoms with Crippen LogP contribution in [0.15, 0.2) is 18.2 Å². The molecule has 5 nitrogen and oxygen atoms in total. The lowest BCUT2D eigenvalue weighted by Crippen LogP contribution is -2.51. The van der Waals surface area contributed by atoms with E-state index in [2.05, 4.69) is 5.32 Å². The van der Waals surface area contributed by atoms with Gasteiger partial charge in [-0.25, -0.2) is 0 Å². The van der Waals surface area contributed by atoms with Crippen molar-refractivity contribution in [2.75, 3.05) is 18.4 Å². The van der Waals surface area contributed by atoms with Crippen LogP contribution in [0.2, 0.25) is 10.0 Å². The van der Waals surface area contributed by atoms with E-state index in [9.17, 15) is 9.59 Å². The van der Waals surface area contributed by atoms with Gasteiger partial charge in [0, 0.05) is 11.6 Å². The fourth-order valence-electron chi connectivity index (χ4n) is 2.43. The van der Waals surface area contributed by atoms with E-state index in [1.54, 1.807) is 23.1 Å². The highest BCUT2D eigenvalue weighted by Gasteiger charge is 2.31. The highest BCUT2D eigenvalue weighted by molar-refractivity contribution is 6.36. The van der Waals surface area contributed by atoms with Gasteiger partial charge in [0.05, 0.1) is 17.3 Å². The Morgan fingerprint density at radius 2 is 2.10 bits per heavy atom. The maximum absolute atomic E-state index is 12.4. The second kappa shape index (κ2) is 7.11. The molecule has 1 unspecified atom stereocenters. The highest BCUT2D eigenvalue weighted by Crippen LogP contribution is 2.26. The molecule has 2 rings (SSSR count). The smallest absolute Gasteiger partial charge is 0.247 e. The summed E-state index contributed by atoms with van der Waals surface area (Å²) < 4.78 is 0. The largest absolute Gasteiger partial charge is 0.330 e. The molecule has 1 aliphatic heterocycles. The first-order chi connectivity index (χ1) is 10.0. The second-order valence-corrected chi connectivity index (χ2v) is 5.76. The van der Waals surface area contributed by atoms with Crippen LogP contribution in [0.25, 0.3) is 0 Å². The summed E-state index contributed by atoms with van der Waals surface area (Å²) in [5.74, 6) is -0.460. The molecule has 0 spiro atoms. The third-order valence-corrected chi connectivity index (χ3v) is 4.04. The third-order valence-electron chi connectivity index (χ3n) is 3.49. The van der Waals surface area contributed by atoms with Crippen molar-refractivity contribution in [2.45, 2.75) is 25.3 Å². The van der Waals surface area contributed by atoms with E-state index in [0.717, 1.165) is 12.8 Å². The molecule has 1 fully saturated rings. The molecule has 1 heterocycles. The van der Waals surface area contributed by atoms with Crippen molar-refractivity contribution in [3.8, 4) is 0 Å². The van der Waals surface area contributed by atoms with Crippen molar-refractivity contribution < 1.29 is 9.59 Å². The minimum absolute atomic E-state index is 0.0918. The number of amides is 2. The number of carbonyl (C=O) groups excluding carboxylic acids is 2. The van der Waals surface area contributed by atoms with Crippen molar-refractivity contribution in [3.63, 3.8) is 0 Å². The lowest BCUT2D eigenvalue weighted by Gasteiger charge is -2.34. The van der Waals surface area contributed by atoms with Gasteiger partial charge in [0.15, 0.2) is 0 Å². The van der Waals surface area contributed by atoms with Gasteiger partial charge in [0.1, 0.15) is 6.04 Å². The maximum atomic E-state index is 12.4. The van der Waals surface area contributed by atoms with Crippen LogP contribution in [0.4, 0.5) is 5.69 Å². The van der Waals surface area contributed by atoms with Gasteiger partial charge in [-0.1, -0.05) is 23.2 Å². The number of likely N-dealkylation sites (tertiary alicyclic amines) is 1. The quantitative estimate of drug-likeness (QED) is 0.893. The summed E-state index contributed by atoms with van der Waals surface area (Å²) >= 11 is 11.9. The van der Waals surface area contributed by atoms with E-state index in [4.69, 9.17) is 28.9 Å². The van der Waals surface area contributed by atoms with Crippen LogP contribution in [0, 0.1) is 0 Å². The van der Waals surface area contributed by atoms with Crippen LogP contribution in [0.5, 0.6) is 0 Å². The summed E-state index contributed by atoms with van der Waals surface area (Å²) in [6.07, 6.45) is 2.42. The molecule has 0 aromatic heterocycles. The molecule has 0 bridgehead atoms. The summed E-state index contributed by atoms with van der Waals surface area (Å²) in [5.41, 5.74) is 5.88. The lowest BCUT2D eigenvalue weighted by molar-refractivity contribution is -0.139. The van der Waals surface area contributed by atoms with Gasteiger partial charge in [0.2, 0.25) is 11.8 Å². The van der Waals surface area contributed by atoms with Gasteiger partial charge in [-0.2, -0.15) is 0 Å². The minimum Gasteiger partial charge on any atom is -0.330 e. The molecule has 7 heteroatoms. The van der Waals surface area contributed by atoms with Crippen LogP contribution in [-0.4, -0.2) is 35.8 Å². The number of hydrogen-bond acceptors (Lipinski definition) is 3. The molecule has 114 valence electrons. The van der Waals surface area contributed by atoms with Crippen LogP contribution in [0.1, 0.15) is 19.3 Å². The number of nitrogens with zero attached hydrogens (tertiary/aromatic N) is 1. The van der Waals surface area contributed by atoms with Crippen LogP contribution < -0.4 is 11.1 Å². The fourth-order valence-corrected chi connectivity index (χ4v) is 2.88. The summed E-state index contributed by atoms with van der Waals surface area (Å²) in [5, 5.41) is 3.61. The predicted molar refractivity (Wildman–Crippen MR) is 83.5 cm³/mol. The van der Waals surface area contributed by atoms with Gasteiger partial charge in [-0.3, -0.25) is 9.59 Å². The van der Waals surface area contributed by atoms with Crippen LogP contribution in [0.3, 0.4) is 0 Å². The molecule has 1 saturated heterocycles. The molecule has 1 aromatic rings. The first-order valence-corrected chi connectivity index (χ1v) is 7.54. The Labute approximate surface area is 133 Å². The number of nitrogens with one attached hydrogen (secondary N) is 1. The Bertz CT molecular complexity index is 551. The van der Waals surface area contributed by atoms with E-state index in [1.807, 2.05) is 0 Å². The predicted octanol–water partition coefficient (Wildman–Crippen LogP) is 2.27. The summed E-state index contributed by atoms with van der Waals surface area (Å²) in [6, 6.07) is 4.34. The molecular formula is C14H17Cl2N3O2. The zero-order chi connectivity index (χ0) is 15.4. The molecule has 21 heavy (non-hydrogen) atoms. The number of carbonyl (C=O) groups is 2. The zero-order valence-electron chi connectivity index (χ0n) is 11.4. The van der Waals surface area contributed by atoms with E-state index >= 15 is 0 Å². The number of anilines is 1. The Balaban J connectivity index is 2.12. The molecule has 1 aromatic carbocycles. The molecule has 0 aliphatic carbocycles. The van der Waals surface area contributed by atoms with Crippen molar-refractivity contribution in [2.24, 2.45) is 5.73 Å². The van der Waals surface area contributed by atoms with Gasteiger partial charge in [0.25, 0.3) is 0 Å². The Morgan fingerprint density at radius 1 is 1.33 bits per heavy atom. The van der Waals surface area contributed by atoms with E-state index in [-0.39, 0.29) is 18.4 Å². The summed E-state index contributed by atoms with van der Waals surface area (Å²) in [4.78, 5) is 25.8. The zero-order valence-corrected chi connectivity index (χ0v) is 13.0. The van der Waals surface area contributed by atoms with Crippen molar-refractivity contribution in [1.29, 1.82) is 0 Å². The SMILES string of the molecule is NCC(=O)N1CCCCC1C(=O)Nc1ccc(Cl)cc1Cl. The molecule has 0 saturated carbocycles. The number of piperidine rings is 1. The summed E-state index contributed by atoms with van der Waals surface area (Å²) in [6.45, 7) is 0.466. The Hall–Kier alpha value is -1.30. The molecule has 1 atom stereocenters. The van der Waals surface area contributed by atoms with Gasteiger partial charge < -0.3 is 16.0 Å². The van der Waals surface area contributed by atoms with Gasteiger partial charge >= 0.3 is 0 Å². The fraction of sp³-hybridized carbons (Fsp3) is 0.429. The van der Waals surface area contributed by atoms with E-state index in [1.165, 1.54) is 0 Å². The maximum Gasteiger partial charge on any atom is 0.247 e. The molecular weight excluding hydrogens is 313 g/mol. The normalized spacial score (nSPS) is 18.4. The topological polar surface area (TPSA) is 75.4 Å². The number of halogens is 2. The first-order valence-electron chi connectivity index (χ1n) is 6.78. The van der Waals surface area contributed by atoms with Gasteiger partial charge in [-0.05, 0) is 37.5 Å². The summed E-state index contributed by atoms with van der Waals surface area (Å²) in [7, 11) is 0. The lowest BCUT2D eigenvalue weighted by atomic mass is 10.0. The standard InChI is InChI=1S/C14H17Cl2N3O2/c15-9-4-5-11(10(16)7-9)18-14(21)12-3-1-2-6-19(12)13(20)8-17/h4-5,7,12H,1-3,6,8,17H2,(H,18,21). The monoisotopic (exact) mass is 329 g/mol.